The first-order chi connectivity index (χ1) is 17.6. The predicted octanol–water partition coefficient (Wildman–Crippen LogP) is 7.53. The Bertz CT molecular complexity index is 1560. The monoisotopic (exact) mass is 582 g/mol. The largest absolute Gasteiger partial charge is 0.361 e. The van der Waals surface area contributed by atoms with Crippen LogP contribution in [0.3, 0.4) is 0 Å². The maximum absolute atomic E-state index is 14.3. The van der Waals surface area contributed by atoms with Gasteiger partial charge in [-0.25, -0.2) is 8.42 Å². The van der Waals surface area contributed by atoms with Crippen molar-refractivity contribution in [1.82, 2.24) is 5.16 Å². The zero-order valence-corrected chi connectivity index (χ0v) is 23.6. The molecule has 0 aliphatic carbocycles. The van der Waals surface area contributed by atoms with Crippen LogP contribution in [0.25, 0.3) is 22.0 Å². The van der Waals surface area contributed by atoms with Crippen LogP contribution < -0.4 is 4.31 Å². The van der Waals surface area contributed by atoms with Gasteiger partial charge in [0.25, 0.3) is 10.0 Å². The number of rotatable bonds is 10. The molecule has 0 spiro atoms. The van der Waals surface area contributed by atoms with E-state index in [0.717, 1.165) is 9.69 Å². The highest BCUT2D eigenvalue weighted by Gasteiger charge is 2.37. The van der Waals surface area contributed by atoms with Crippen molar-refractivity contribution >= 4 is 57.3 Å². The van der Waals surface area contributed by atoms with Crippen molar-refractivity contribution in [3.8, 4) is 11.3 Å². The summed E-state index contributed by atoms with van der Waals surface area (Å²) in [6.45, 7) is 5.15. The molecule has 0 atom stereocenters. The molecule has 12 heteroatoms. The van der Waals surface area contributed by atoms with Crippen molar-refractivity contribution in [2.45, 2.75) is 25.7 Å². The van der Waals surface area contributed by atoms with Crippen LogP contribution in [0.1, 0.15) is 19.6 Å². The molecule has 0 fully saturated rings. The molecule has 0 saturated carbocycles. The van der Waals surface area contributed by atoms with Crippen LogP contribution >= 0.6 is 30.8 Å². The van der Waals surface area contributed by atoms with Gasteiger partial charge < -0.3 is 13.6 Å². The minimum absolute atomic E-state index is 0.0546. The Morgan fingerprint density at radius 2 is 1.62 bits per heavy atom. The molecule has 0 aliphatic heterocycles. The van der Waals surface area contributed by atoms with Crippen molar-refractivity contribution < 1.29 is 26.6 Å². The van der Waals surface area contributed by atoms with Crippen LogP contribution in [0.4, 0.5) is 5.69 Å². The average Bonchev–Trinajstić information content (AvgIpc) is 3.27. The van der Waals surface area contributed by atoms with Gasteiger partial charge in [-0.05, 0) is 50.4 Å². The SMILES string of the molecule is CCOP(=O)(CN(c1c(-c2cc(C)on2)ccc2ccccc12)S(=O)(=O)c1cc(Cl)cc(Cl)c1)OCC. The van der Waals surface area contributed by atoms with Crippen molar-refractivity contribution in [3.05, 3.63) is 76.5 Å². The summed E-state index contributed by atoms with van der Waals surface area (Å²) in [6.07, 6.45) is -0.598. The minimum Gasteiger partial charge on any atom is -0.361 e. The van der Waals surface area contributed by atoms with E-state index in [4.69, 9.17) is 36.8 Å². The molecule has 37 heavy (non-hydrogen) atoms. The Labute approximate surface area is 225 Å². The Hall–Kier alpha value is -2.39. The molecular weight excluding hydrogens is 558 g/mol. The van der Waals surface area contributed by atoms with Gasteiger partial charge in [0.1, 0.15) is 17.7 Å². The summed E-state index contributed by atoms with van der Waals surface area (Å²) < 4.78 is 59.7. The van der Waals surface area contributed by atoms with Crippen LogP contribution in [0.15, 0.2) is 70.1 Å². The van der Waals surface area contributed by atoms with E-state index in [-0.39, 0.29) is 33.8 Å². The minimum atomic E-state index is -4.41. The molecule has 196 valence electrons. The van der Waals surface area contributed by atoms with Gasteiger partial charge in [0, 0.05) is 27.1 Å². The maximum atomic E-state index is 14.3. The molecule has 4 rings (SSSR count). The van der Waals surface area contributed by atoms with Gasteiger partial charge in [0.05, 0.1) is 23.8 Å². The molecule has 0 radical (unpaired) electrons. The first-order valence-corrected chi connectivity index (χ1v) is 15.3. The highest BCUT2D eigenvalue weighted by Crippen LogP contribution is 2.52. The number of hydrogen-bond acceptors (Lipinski definition) is 7. The lowest BCUT2D eigenvalue weighted by atomic mass is 10.0. The molecule has 1 aromatic heterocycles. The summed E-state index contributed by atoms with van der Waals surface area (Å²) in [5.74, 6) is 0.541. The molecule has 4 aromatic rings. The van der Waals surface area contributed by atoms with Gasteiger partial charge in [-0.1, -0.05) is 58.7 Å². The summed E-state index contributed by atoms with van der Waals surface area (Å²) in [7, 11) is -8.34. The van der Waals surface area contributed by atoms with Gasteiger partial charge >= 0.3 is 7.60 Å². The number of fused-ring (bicyclic) bond motifs is 1. The zero-order chi connectivity index (χ0) is 26.8. The Morgan fingerprint density at radius 1 is 0.973 bits per heavy atom. The van der Waals surface area contributed by atoms with E-state index in [0.29, 0.717) is 22.4 Å². The molecular formula is C25H25Cl2N2O6PS. The number of hydrogen-bond donors (Lipinski definition) is 0. The lowest BCUT2D eigenvalue weighted by molar-refractivity contribution is 0.221. The number of nitrogens with zero attached hydrogens (tertiary/aromatic N) is 2. The van der Waals surface area contributed by atoms with Crippen LogP contribution in [-0.4, -0.2) is 33.1 Å². The molecule has 8 nitrogen and oxygen atoms in total. The number of sulfonamides is 1. The molecule has 0 saturated heterocycles. The predicted molar refractivity (Wildman–Crippen MR) is 146 cm³/mol. The van der Waals surface area contributed by atoms with Crippen LogP contribution in [0.5, 0.6) is 0 Å². The van der Waals surface area contributed by atoms with Crippen molar-refractivity contribution in [2.24, 2.45) is 0 Å². The normalized spacial score (nSPS) is 12.2. The van der Waals surface area contributed by atoms with Crippen molar-refractivity contribution in [1.29, 1.82) is 0 Å². The third-order valence-electron chi connectivity index (χ3n) is 5.43. The number of aromatic nitrogens is 1. The highest BCUT2D eigenvalue weighted by atomic mass is 35.5. The van der Waals surface area contributed by atoms with Gasteiger partial charge in [-0.2, -0.15) is 0 Å². The number of anilines is 1. The molecule has 0 amide bonds. The van der Waals surface area contributed by atoms with E-state index in [1.807, 2.05) is 18.2 Å². The quantitative estimate of drug-likeness (QED) is 0.178. The van der Waals surface area contributed by atoms with E-state index in [9.17, 15) is 13.0 Å². The fourth-order valence-electron chi connectivity index (χ4n) is 3.97. The van der Waals surface area contributed by atoms with E-state index in [2.05, 4.69) is 5.16 Å². The molecule has 1 heterocycles. The third-order valence-corrected chi connectivity index (χ3v) is 9.71. The smallest absolute Gasteiger partial charge is 0.350 e. The summed E-state index contributed by atoms with van der Waals surface area (Å²) in [5, 5.41) is 5.72. The van der Waals surface area contributed by atoms with E-state index in [1.54, 1.807) is 45.0 Å². The molecule has 0 bridgehead atoms. The molecule has 0 aliphatic rings. The summed E-state index contributed by atoms with van der Waals surface area (Å²) in [4.78, 5) is -0.181. The summed E-state index contributed by atoms with van der Waals surface area (Å²) >= 11 is 12.3. The molecule has 3 aromatic carbocycles. The Balaban J connectivity index is 2.07. The van der Waals surface area contributed by atoms with Crippen molar-refractivity contribution in [3.63, 3.8) is 0 Å². The van der Waals surface area contributed by atoms with Gasteiger partial charge in [-0.3, -0.25) is 8.87 Å². The van der Waals surface area contributed by atoms with Crippen LogP contribution in [0.2, 0.25) is 10.0 Å². The second-order valence-electron chi connectivity index (χ2n) is 8.05. The zero-order valence-electron chi connectivity index (χ0n) is 20.4. The van der Waals surface area contributed by atoms with E-state index < -0.39 is 23.9 Å². The van der Waals surface area contributed by atoms with Crippen molar-refractivity contribution in [2.75, 3.05) is 23.8 Å². The number of aryl methyl sites for hydroxylation is 1. The van der Waals surface area contributed by atoms with Crippen LogP contribution in [-0.2, 0) is 23.6 Å². The molecule has 0 N–H and O–H groups in total. The maximum Gasteiger partial charge on any atom is 0.350 e. The topological polar surface area (TPSA) is 98.9 Å². The standard InChI is InChI=1S/C25H25Cl2N2O6PS/c1-4-33-36(30,34-5-2)16-29(37(31,32)21-14-19(26)13-20(27)15-21)25-22-9-7-6-8-18(22)10-11-23(25)24-12-17(3)35-28-24/h6-15H,4-5,16H2,1-3H3. The van der Waals surface area contributed by atoms with E-state index >= 15 is 0 Å². The Morgan fingerprint density at radius 3 is 2.22 bits per heavy atom. The lowest BCUT2D eigenvalue weighted by Crippen LogP contribution is -2.33. The second kappa shape index (κ2) is 11.2. The molecule has 0 unspecified atom stereocenters. The first kappa shape index (κ1) is 27.6. The van der Waals surface area contributed by atoms with Gasteiger partial charge in [0.2, 0.25) is 0 Å². The Kier molecular flexibility index (Phi) is 8.33. The summed E-state index contributed by atoms with van der Waals surface area (Å²) in [5.41, 5.74) is 1.10. The van der Waals surface area contributed by atoms with Crippen LogP contribution in [0, 0.1) is 6.92 Å². The number of benzene rings is 3. The highest BCUT2D eigenvalue weighted by molar-refractivity contribution is 7.93. The van der Waals surface area contributed by atoms with E-state index in [1.165, 1.54) is 18.2 Å². The van der Waals surface area contributed by atoms with Gasteiger partial charge in [0.15, 0.2) is 0 Å². The van der Waals surface area contributed by atoms with Gasteiger partial charge in [-0.15, -0.1) is 0 Å². The third kappa shape index (κ3) is 5.87. The summed E-state index contributed by atoms with van der Waals surface area (Å²) in [6, 6.07) is 16.5. The first-order valence-electron chi connectivity index (χ1n) is 11.4. The second-order valence-corrected chi connectivity index (χ2v) is 12.8. The number of halogens is 2. The fourth-order valence-corrected chi connectivity index (χ4v) is 8.38. The average molecular weight is 583 g/mol. The fraction of sp³-hybridized carbons (Fsp3) is 0.240. The lowest BCUT2D eigenvalue weighted by Gasteiger charge is -2.30.